The lowest BCUT2D eigenvalue weighted by Crippen LogP contribution is -2.28. The molecule has 0 aliphatic heterocycles. The second-order valence-electron chi connectivity index (χ2n) is 4.03. The van der Waals surface area contributed by atoms with Crippen LogP contribution in [0.15, 0.2) is 12.1 Å². The normalized spacial score (nSPS) is 14.1. The van der Waals surface area contributed by atoms with Gasteiger partial charge in [0.15, 0.2) is 11.6 Å². The molecule has 2 N–H and O–H groups in total. The van der Waals surface area contributed by atoms with Gasteiger partial charge in [0.25, 0.3) is 0 Å². The third kappa shape index (κ3) is 3.22. The summed E-state index contributed by atoms with van der Waals surface area (Å²) in [4.78, 5) is 11.2. The number of rotatable bonds is 4. The van der Waals surface area contributed by atoms with Crippen molar-refractivity contribution in [3.05, 3.63) is 35.1 Å². The lowest BCUT2D eigenvalue weighted by Gasteiger charge is -2.20. The molecular formula is C12H14F3NO2. The first kappa shape index (κ1) is 14.5. The smallest absolute Gasteiger partial charge is 0.306 e. The average Bonchev–Trinajstić information content (AvgIpc) is 2.30. The van der Waals surface area contributed by atoms with Crippen molar-refractivity contribution in [1.29, 1.82) is 0 Å². The van der Waals surface area contributed by atoms with Crippen LogP contribution in [-0.4, -0.2) is 19.1 Å². The fraction of sp³-hybridized carbons (Fsp3) is 0.417. The van der Waals surface area contributed by atoms with Crippen LogP contribution in [0, 0.1) is 17.5 Å². The first-order valence-electron chi connectivity index (χ1n) is 5.33. The van der Waals surface area contributed by atoms with Gasteiger partial charge in [-0.1, -0.05) is 0 Å². The minimum atomic E-state index is -1.28. The van der Waals surface area contributed by atoms with Gasteiger partial charge in [-0.05, 0) is 18.6 Å². The van der Waals surface area contributed by atoms with Crippen LogP contribution >= 0.6 is 0 Å². The number of esters is 1. The second kappa shape index (κ2) is 5.86. The van der Waals surface area contributed by atoms with Crippen LogP contribution in [0.3, 0.4) is 0 Å². The molecule has 3 nitrogen and oxygen atoms in total. The highest BCUT2D eigenvalue weighted by atomic mass is 19.2. The highest BCUT2D eigenvalue weighted by molar-refractivity contribution is 5.70. The predicted molar refractivity (Wildman–Crippen MR) is 59.3 cm³/mol. The molecule has 0 spiro atoms. The molecule has 1 rings (SSSR count). The van der Waals surface area contributed by atoms with Crippen LogP contribution in [0.5, 0.6) is 0 Å². The number of ether oxygens (including phenoxy) is 1. The van der Waals surface area contributed by atoms with Gasteiger partial charge < -0.3 is 10.5 Å². The van der Waals surface area contributed by atoms with E-state index in [0.29, 0.717) is 6.07 Å². The maximum Gasteiger partial charge on any atom is 0.306 e. The van der Waals surface area contributed by atoms with Crippen molar-refractivity contribution in [2.45, 2.75) is 25.3 Å². The molecule has 1 aromatic rings. The van der Waals surface area contributed by atoms with E-state index in [2.05, 4.69) is 4.74 Å². The van der Waals surface area contributed by atoms with Crippen molar-refractivity contribution in [3.8, 4) is 0 Å². The molecular weight excluding hydrogens is 247 g/mol. The Morgan fingerprint density at radius 1 is 1.28 bits per heavy atom. The number of nitrogens with two attached hydrogens (primary N) is 1. The van der Waals surface area contributed by atoms with E-state index in [-0.39, 0.29) is 12.0 Å². The standard InChI is InChI=1S/C12H14F3NO2/c1-6(16)7(4-12(17)18-2)8-3-10(14)11(15)5-9(8)13/h3,5-7H,4,16H2,1-2H3. The van der Waals surface area contributed by atoms with Gasteiger partial charge in [0.05, 0.1) is 13.5 Å². The Bertz CT molecular complexity index is 449. The Hall–Kier alpha value is -1.56. The topological polar surface area (TPSA) is 52.3 Å². The maximum atomic E-state index is 13.6. The van der Waals surface area contributed by atoms with Crippen LogP contribution in [0.4, 0.5) is 13.2 Å². The predicted octanol–water partition coefficient (Wildman–Crippen LogP) is 2.10. The summed E-state index contributed by atoms with van der Waals surface area (Å²) in [7, 11) is 1.18. The molecule has 0 amide bonds. The zero-order chi connectivity index (χ0) is 13.9. The van der Waals surface area contributed by atoms with E-state index in [1.807, 2.05) is 0 Å². The molecule has 100 valence electrons. The van der Waals surface area contributed by atoms with E-state index >= 15 is 0 Å². The van der Waals surface area contributed by atoms with Crippen molar-refractivity contribution in [2.75, 3.05) is 7.11 Å². The Morgan fingerprint density at radius 2 is 1.83 bits per heavy atom. The molecule has 2 unspecified atom stereocenters. The van der Waals surface area contributed by atoms with E-state index in [4.69, 9.17) is 5.73 Å². The minimum absolute atomic E-state index is 0.130. The molecule has 0 radical (unpaired) electrons. The summed E-state index contributed by atoms with van der Waals surface area (Å²) in [5, 5.41) is 0. The van der Waals surface area contributed by atoms with Gasteiger partial charge in [0, 0.05) is 18.0 Å². The van der Waals surface area contributed by atoms with Crippen LogP contribution in [-0.2, 0) is 9.53 Å². The summed E-state index contributed by atoms with van der Waals surface area (Å²) in [6.07, 6.45) is -0.198. The van der Waals surface area contributed by atoms with Crippen LogP contribution < -0.4 is 5.73 Å². The number of carbonyl (C=O) groups excluding carboxylic acids is 1. The molecule has 0 bridgehead atoms. The van der Waals surface area contributed by atoms with Crippen molar-refractivity contribution < 1.29 is 22.7 Å². The van der Waals surface area contributed by atoms with E-state index in [1.54, 1.807) is 6.92 Å². The number of halogens is 3. The Balaban J connectivity index is 3.13. The van der Waals surface area contributed by atoms with Gasteiger partial charge in [-0.25, -0.2) is 13.2 Å². The highest BCUT2D eigenvalue weighted by Gasteiger charge is 2.25. The molecule has 6 heteroatoms. The minimum Gasteiger partial charge on any atom is -0.469 e. The van der Waals surface area contributed by atoms with Crippen LogP contribution in [0.25, 0.3) is 0 Å². The monoisotopic (exact) mass is 261 g/mol. The number of hydrogen-bond acceptors (Lipinski definition) is 3. The second-order valence-corrected chi connectivity index (χ2v) is 4.03. The Labute approximate surface area is 103 Å². The van der Waals surface area contributed by atoms with Gasteiger partial charge in [0.1, 0.15) is 5.82 Å². The summed E-state index contributed by atoms with van der Waals surface area (Å²) >= 11 is 0. The number of benzene rings is 1. The van der Waals surface area contributed by atoms with Crippen molar-refractivity contribution in [2.24, 2.45) is 5.73 Å². The van der Waals surface area contributed by atoms with Crippen LogP contribution in [0.2, 0.25) is 0 Å². The van der Waals surface area contributed by atoms with Crippen molar-refractivity contribution >= 4 is 5.97 Å². The SMILES string of the molecule is COC(=O)CC(c1cc(F)c(F)cc1F)C(C)N. The highest BCUT2D eigenvalue weighted by Crippen LogP contribution is 2.27. The molecule has 2 atom stereocenters. The molecule has 1 aromatic carbocycles. The zero-order valence-electron chi connectivity index (χ0n) is 10.0. The average molecular weight is 261 g/mol. The summed E-state index contributed by atoms with van der Waals surface area (Å²) < 4.78 is 44.0. The maximum absolute atomic E-state index is 13.6. The quantitative estimate of drug-likeness (QED) is 0.667. The van der Waals surface area contributed by atoms with E-state index in [9.17, 15) is 18.0 Å². The van der Waals surface area contributed by atoms with Crippen LogP contribution in [0.1, 0.15) is 24.8 Å². The Kier molecular flexibility index (Phi) is 4.72. The van der Waals surface area contributed by atoms with E-state index in [1.165, 1.54) is 7.11 Å². The molecule has 0 fully saturated rings. The third-order valence-corrected chi connectivity index (χ3v) is 2.69. The molecule has 0 aliphatic rings. The number of carbonyl (C=O) groups is 1. The van der Waals surface area contributed by atoms with Gasteiger partial charge in [-0.3, -0.25) is 4.79 Å². The molecule has 18 heavy (non-hydrogen) atoms. The summed E-state index contributed by atoms with van der Waals surface area (Å²) in [5.41, 5.74) is 5.51. The molecule has 0 heterocycles. The third-order valence-electron chi connectivity index (χ3n) is 2.69. The Morgan fingerprint density at radius 3 is 2.33 bits per heavy atom. The number of methoxy groups -OCH3 is 1. The van der Waals surface area contributed by atoms with Gasteiger partial charge >= 0.3 is 5.97 Å². The summed E-state index contributed by atoms with van der Waals surface area (Å²) in [5.74, 6) is -4.76. The number of hydrogen-bond donors (Lipinski definition) is 1. The zero-order valence-corrected chi connectivity index (χ0v) is 10.0. The lowest BCUT2D eigenvalue weighted by atomic mass is 9.89. The molecule has 0 aromatic heterocycles. The summed E-state index contributed by atoms with van der Waals surface area (Å²) in [6.45, 7) is 1.55. The first-order valence-corrected chi connectivity index (χ1v) is 5.33. The van der Waals surface area contributed by atoms with Gasteiger partial charge in [0.2, 0.25) is 0 Å². The van der Waals surface area contributed by atoms with Crippen molar-refractivity contribution in [3.63, 3.8) is 0 Å². The first-order chi connectivity index (χ1) is 8.36. The molecule has 0 saturated carbocycles. The summed E-state index contributed by atoms with van der Waals surface area (Å²) in [6, 6.07) is 0.558. The fourth-order valence-corrected chi connectivity index (χ4v) is 1.66. The van der Waals surface area contributed by atoms with Gasteiger partial charge in [-0.2, -0.15) is 0 Å². The fourth-order valence-electron chi connectivity index (χ4n) is 1.66. The van der Waals surface area contributed by atoms with Gasteiger partial charge in [-0.15, -0.1) is 0 Å². The lowest BCUT2D eigenvalue weighted by molar-refractivity contribution is -0.141. The van der Waals surface area contributed by atoms with Crippen molar-refractivity contribution in [1.82, 2.24) is 0 Å². The largest absolute Gasteiger partial charge is 0.469 e. The molecule has 0 aliphatic carbocycles. The van der Waals surface area contributed by atoms with E-state index < -0.39 is 35.4 Å². The van der Waals surface area contributed by atoms with E-state index in [0.717, 1.165) is 6.07 Å². The molecule has 0 saturated heterocycles.